The van der Waals surface area contributed by atoms with Crippen LogP contribution in [0.1, 0.15) is 18.0 Å². The summed E-state index contributed by atoms with van der Waals surface area (Å²) < 4.78 is 0. The van der Waals surface area contributed by atoms with Crippen molar-refractivity contribution in [2.75, 3.05) is 39.8 Å². The van der Waals surface area contributed by atoms with E-state index in [4.69, 9.17) is 28.9 Å². The third kappa shape index (κ3) is 4.07. The van der Waals surface area contributed by atoms with E-state index in [1.165, 1.54) is 6.42 Å². The summed E-state index contributed by atoms with van der Waals surface area (Å²) in [6, 6.07) is 5.90. The lowest BCUT2D eigenvalue weighted by molar-refractivity contribution is 0.208. The van der Waals surface area contributed by atoms with Gasteiger partial charge in [-0.2, -0.15) is 0 Å². The summed E-state index contributed by atoms with van der Waals surface area (Å²) in [6.45, 7) is 4.90. The Kier molecular flexibility index (Phi) is 5.48. The van der Waals surface area contributed by atoms with Crippen molar-refractivity contribution in [1.82, 2.24) is 9.80 Å². The lowest BCUT2D eigenvalue weighted by atomic mass is 10.1. The van der Waals surface area contributed by atoms with Crippen LogP contribution in [0.5, 0.6) is 0 Å². The van der Waals surface area contributed by atoms with E-state index in [-0.39, 0.29) is 6.04 Å². The monoisotopic (exact) mass is 301 g/mol. The second-order valence-electron chi connectivity index (χ2n) is 5.15. The van der Waals surface area contributed by atoms with Crippen LogP contribution in [0.4, 0.5) is 0 Å². The molecule has 1 aromatic carbocycles. The van der Waals surface area contributed by atoms with Gasteiger partial charge in [-0.25, -0.2) is 0 Å². The van der Waals surface area contributed by atoms with Gasteiger partial charge in [0.05, 0.1) is 0 Å². The van der Waals surface area contributed by atoms with Crippen LogP contribution in [0.2, 0.25) is 10.0 Å². The number of halogens is 2. The molecule has 2 rings (SSSR count). The number of hydrogen-bond donors (Lipinski definition) is 1. The van der Waals surface area contributed by atoms with E-state index in [9.17, 15) is 0 Å². The zero-order valence-corrected chi connectivity index (χ0v) is 12.8. The molecule has 1 aliphatic rings. The fourth-order valence-electron chi connectivity index (χ4n) is 2.64. The van der Waals surface area contributed by atoms with Gasteiger partial charge < -0.3 is 10.6 Å². The molecule has 0 spiro atoms. The maximum Gasteiger partial charge on any atom is 0.0472 e. The van der Waals surface area contributed by atoms with E-state index in [0.29, 0.717) is 16.6 Å². The smallest absolute Gasteiger partial charge is 0.0472 e. The largest absolute Gasteiger partial charge is 0.329 e. The second-order valence-corrected chi connectivity index (χ2v) is 6.02. The number of rotatable bonds is 3. The molecule has 3 nitrogen and oxygen atoms in total. The number of benzene rings is 1. The molecule has 1 heterocycles. The van der Waals surface area contributed by atoms with E-state index in [2.05, 4.69) is 16.8 Å². The average molecular weight is 302 g/mol. The van der Waals surface area contributed by atoms with Gasteiger partial charge in [-0.3, -0.25) is 4.90 Å². The molecule has 0 bridgehead atoms. The zero-order chi connectivity index (χ0) is 13.8. The van der Waals surface area contributed by atoms with Crippen LogP contribution in [0, 0.1) is 0 Å². The SMILES string of the molecule is CN1CCCN(C(CN)c2cc(Cl)cc(Cl)c2)CC1. The van der Waals surface area contributed by atoms with Crippen molar-refractivity contribution >= 4 is 23.2 Å². The predicted molar refractivity (Wildman–Crippen MR) is 81.9 cm³/mol. The van der Waals surface area contributed by atoms with Crippen molar-refractivity contribution in [3.05, 3.63) is 33.8 Å². The Morgan fingerprint density at radius 3 is 2.42 bits per heavy atom. The first-order valence-corrected chi connectivity index (χ1v) is 7.44. The highest BCUT2D eigenvalue weighted by atomic mass is 35.5. The average Bonchev–Trinajstić information content (AvgIpc) is 2.54. The summed E-state index contributed by atoms with van der Waals surface area (Å²) in [4.78, 5) is 4.80. The first-order chi connectivity index (χ1) is 9.10. The van der Waals surface area contributed by atoms with Gasteiger partial charge >= 0.3 is 0 Å². The van der Waals surface area contributed by atoms with Crippen molar-refractivity contribution in [2.45, 2.75) is 12.5 Å². The Balaban J connectivity index is 2.18. The molecule has 1 saturated heterocycles. The number of nitrogens with two attached hydrogens (primary N) is 1. The standard InChI is InChI=1S/C14H21Cl2N3/c1-18-3-2-4-19(6-5-18)14(10-17)11-7-12(15)9-13(16)8-11/h7-9,14H,2-6,10,17H2,1H3. The van der Waals surface area contributed by atoms with Crippen LogP contribution in [-0.2, 0) is 0 Å². The molecule has 106 valence electrons. The Morgan fingerprint density at radius 1 is 1.11 bits per heavy atom. The third-order valence-corrected chi connectivity index (χ3v) is 4.12. The van der Waals surface area contributed by atoms with Gasteiger partial charge in [0.25, 0.3) is 0 Å². The van der Waals surface area contributed by atoms with E-state index in [0.717, 1.165) is 31.7 Å². The number of nitrogens with zero attached hydrogens (tertiary/aromatic N) is 2. The highest BCUT2D eigenvalue weighted by Crippen LogP contribution is 2.27. The van der Waals surface area contributed by atoms with E-state index in [1.807, 2.05) is 12.1 Å². The van der Waals surface area contributed by atoms with Crippen molar-refractivity contribution in [2.24, 2.45) is 5.73 Å². The molecule has 1 fully saturated rings. The highest BCUT2D eigenvalue weighted by molar-refractivity contribution is 6.34. The fraction of sp³-hybridized carbons (Fsp3) is 0.571. The summed E-state index contributed by atoms with van der Waals surface area (Å²) in [5.41, 5.74) is 7.10. The summed E-state index contributed by atoms with van der Waals surface area (Å²) >= 11 is 12.2. The molecule has 1 unspecified atom stereocenters. The second kappa shape index (κ2) is 6.91. The molecule has 0 saturated carbocycles. The van der Waals surface area contributed by atoms with E-state index in [1.54, 1.807) is 6.07 Å². The Labute approximate surface area is 125 Å². The molecule has 0 aromatic heterocycles. The molecule has 1 aromatic rings. The molecule has 1 atom stereocenters. The molecule has 19 heavy (non-hydrogen) atoms. The van der Waals surface area contributed by atoms with Crippen molar-refractivity contribution in [3.63, 3.8) is 0 Å². The zero-order valence-electron chi connectivity index (χ0n) is 11.3. The Hall–Kier alpha value is -0.320. The topological polar surface area (TPSA) is 32.5 Å². The minimum Gasteiger partial charge on any atom is -0.329 e. The maximum absolute atomic E-state index is 6.09. The Morgan fingerprint density at radius 2 is 1.79 bits per heavy atom. The summed E-state index contributed by atoms with van der Waals surface area (Å²) in [6.07, 6.45) is 1.17. The van der Waals surface area contributed by atoms with E-state index >= 15 is 0 Å². The van der Waals surface area contributed by atoms with Crippen LogP contribution in [0.3, 0.4) is 0 Å². The summed E-state index contributed by atoms with van der Waals surface area (Å²) in [5.74, 6) is 0. The number of likely N-dealkylation sites (N-methyl/N-ethyl adjacent to an activating group) is 1. The van der Waals surface area contributed by atoms with Gasteiger partial charge in [-0.05, 0) is 43.8 Å². The summed E-state index contributed by atoms with van der Waals surface area (Å²) in [7, 11) is 2.16. The summed E-state index contributed by atoms with van der Waals surface area (Å²) in [5, 5.41) is 1.35. The molecule has 0 aliphatic carbocycles. The van der Waals surface area contributed by atoms with Gasteiger partial charge in [0.15, 0.2) is 0 Å². The van der Waals surface area contributed by atoms with E-state index < -0.39 is 0 Å². The Bertz CT molecular complexity index is 405. The molecular weight excluding hydrogens is 281 g/mol. The predicted octanol–water partition coefficient (Wildman–Crippen LogP) is 2.63. The minimum atomic E-state index is 0.197. The maximum atomic E-state index is 6.09. The van der Waals surface area contributed by atoms with Crippen molar-refractivity contribution < 1.29 is 0 Å². The molecule has 5 heteroatoms. The van der Waals surface area contributed by atoms with Crippen LogP contribution in [-0.4, -0.2) is 49.6 Å². The third-order valence-electron chi connectivity index (χ3n) is 3.69. The van der Waals surface area contributed by atoms with Gasteiger partial charge in [0, 0.05) is 42.3 Å². The first kappa shape index (κ1) is 15.1. The van der Waals surface area contributed by atoms with Crippen LogP contribution in [0.25, 0.3) is 0 Å². The molecule has 0 radical (unpaired) electrons. The van der Waals surface area contributed by atoms with Crippen LogP contribution >= 0.6 is 23.2 Å². The number of hydrogen-bond acceptors (Lipinski definition) is 3. The minimum absolute atomic E-state index is 0.197. The van der Waals surface area contributed by atoms with Gasteiger partial charge in [-0.15, -0.1) is 0 Å². The molecule has 1 aliphatic heterocycles. The molecule has 0 amide bonds. The lowest BCUT2D eigenvalue weighted by Crippen LogP contribution is -2.36. The van der Waals surface area contributed by atoms with Gasteiger partial charge in [0.2, 0.25) is 0 Å². The van der Waals surface area contributed by atoms with Crippen LogP contribution in [0.15, 0.2) is 18.2 Å². The molecule has 2 N–H and O–H groups in total. The van der Waals surface area contributed by atoms with Crippen LogP contribution < -0.4 is 5.73 Å². The molecular formula is C14H21Cl2N3. The van der Waals surface area contributed by atoms with Gasteiger partial charge in [0.1, 0.15) is 0 Å². The fourth-order valence-corrected chi connectivity index (χ4v) is 3.18. The lowest BCUT2D eigenvalue weighted by Gasteiger charge is -2.30. The van der Waals surface area contributed by atoms with Crippen molar-refractivity contribution in [1.29, 1.82) is 0 Å². The first-order valence-electron chi connectivity index (χ1n) is 6.69. The normalized spacial score (nSPS) is 20.2. The van der Waals surface area contributed by atoms with Crippen molar-refractivity contribution in [3.8, 4) is 0 Å². The highest BCUT2D eigenvalue weighted by Gasteiger charge is 2.22. The van der Waals surface area contributed by atoms with Gasteiger partial charge in [-0.1, -0.05) is 23.2 Å². The quantitative estimate of drug-likeness (QED) is 0.931.